The van der Waals surface area contributed by atoms with E-state index in [0.717, 1.165) is 4.90 Å². The largest absolute Gasteiger partial charge is 0.372 e. The minimum Gasteiger partial charge on any atom is -0.372 e. The summed E-state index contributed by atoms with van der Waals surface area (Å²) in [5, 5.41) is 3.46. The van der Waals surface area contributed by atoms with Crippen LogP contribution in [0, 0.1) is 5.82 Å². The van der Waals surface area contributed by atoms with Gasteiger partial charge in [0.25, 0.3) is 5.91 Å². The van der Waals surface area contributed by atoms with Crippen molar-refractivity contribution in [3.63, 3.8) is 0 Å². The van der Waals surface area contributed by atoms with Gasteiger partial charge in [-0.05, 0) is 36.4 Å². The van der Waals surface area contributed by atoms with Crippen LogP contribution in [-0.2, 0) is 9.59 Å². The first-order valence-corrected chi connectivity index (χ1v) is 7.07. The molecule has 3 rings (SSSR count). The molecule has 4 nitrogen and oxygen atoms in total. The summed E-state index contributed by atoms with van der Waals surface area (Å²) in [5.74, 6) is -1.13. The second-order valence-corrected chi connectivity index (χ2v) is 5.33. The lowest BCUT2D eigenvalue weighted by Crippen LogP contribution is -2.34. The molecule has 1 saturated heterocycles. The van der Waals surface area contributed by atoms with Gasteiger partial charge in [0.15, 0.2) is 0 Å². The van der Waals surface area contributed by atoms with Crippen LogP contribution in [0.4, 0.5) is 15.8 Å². The summed E-state index contributed by atoms with van der Waals surface area (Å²) >= 11 is 6.04. The number of hydrogen-bond acceptors (Lipinski definition) is 3. The molecule has 22 heavy (non-hydrogen) atoms. The van der Waals surface area contributed by atoms with Crippen molar-refractivity contribution < 1.29 is 14.0 Å². The normalized spacial score (nSPS) is 17.9. The zero-order chi connectivity index (χ0) is 15.7. The highest BCUT2D eigenvalue weighted by Crippen LogP contribution is 2.27. The van der Waals surface area contributed by atoms with Crippen molar-refractivity contribution in [2.24, 2.45) is 0 Å². The first-order chi connectivity index (χ1) is 10.6. The van der Waals surface area contributed by atoms with Crippen LogP contribution in [-0.4, -0.2) is 17.9 Å². The van der Waals surface area contributed by atoms with E-state index in [2.05, 4.69) is 5.32 Å². The number of hydrogen-bond donors (Lipinski definition) is 1. The molecular formula is C16H12ClFN2O2. The maximum atomic E-state index is 13.0. The first kappa shape index (κ1) is 14.5. The minimum atomic E-state index is -0.683. The minimum absolute atomic E-state index is 0.0292. The predicted octanol–water partition coefficient (Wildman–Crippen LogP) is 3.22. The molecule has 1 aliphatic heterocycles. The Kier molecular flexibility index (Phi) is 3.81. The summed E-state index contributed by atoms with van der Waals surface area (Å²) in [7, 11) is 0. The van der Waals surface area contributed by atoms with Gasteiger partial charge in [0.2, 0.25) is 5.91 Å². The van der Waals surface area contributed by atoms with Gasteiger partial charge in [0.05, 0.1) is 22.8 Å². The molecule has 0 bridgehead atoms. The maximum absolute atomic E-state index is 13.0. The monoisotopic (exact) mass is 318 g/mol. The molecule has 1 N–H and O–H groups in total. The zero-order valence-electron chi connectivity index (χ0n) is 11.4. The molecule has 2 aromatic rings. The Morgan fingerprint density at radius 3 is 2.45 bits per heavy atom. The van der Waals surface area contributed by atoms with Crippen LogP contribution in [0.3, 0.4) is 0 Å². The number of anilines is 2. The lowest BCUT2D eigenvalue weighted by atomic mass is 10.2. The smallest absolute Gasteiger partial charge is 0.256 e. The third kappa shape index (κ3) is 2.67. The van der Waals surface area contributed by atoms with Crippen LogP contribution >= 0.6 is 11.6 Å². The number of para-hydroxylation sites is 1. The quantitative estimate of drug-likeness (QED) is 0.884. The van der Waals surface area contributed by atoms with Crippen molar-refractivity contribution >= 4 is 34.8 Å². The predicted molar refractivity (Wildman–Crippen MR) is 82.4 cm³/mol. The molecule has 6 heteroatoms. The molecular weight excluding hydrogens is 307 g/mol. The second kappa shape index (κ2) is 5.77. The standard InChI is InChI=1S/C16H12ClFN2O2/c17-12-3-1-2-4-13(12)19-14-9-15(21)20(16(14)22)11-7-5-10(18)6-8-11/h1-8,14,19H,9H2. The highest BCUT2D eigenvalue weighted by molar-refractivity contribution is 6.33. The molecule has 0 spiro atoms. The van der Waals surface area contributed by atoms with Gasteiger partial charge >= 0.3 is 0 Å². The average Bonchev–Trinajstić information content (AvgIpc) is 2.77. The van der Waals surface area contributed by atoms with Crippen molar-refractivity contribution in [3.8, 4) is 0 Å². The summed E-state index contributed by atoms with van der Waals surface area (Å²) in [6.45, 7) is 0. The Morgan fingerprint density at radius 1 is 1.09 bits per heavy atom. The van der Waals surface area contributed by atoms with E-state index >= 15 is 0 Å². The fourth-order valence-electron chi connectivity index (χ4n) is 2.37. The number of nitrogens with one attached hydrogen (secondary N) is 1. The molecule has 2 amide bonds. The Morgan fingerprint density at radius 2 is 1.77 bits per heavy atom. The van der Waals surface area contributed by atoms with E-state index in [1.54, 1.807) is 24.3 Å². The fraction of sp³-hybridized carbons (Fsp3) is 0.125. The molecule has 0 saturated carbocycles. The SMILES string of the molecule is O=C1CC(Nc2ccccc2Cl)C(=O)N1c1ccc(F)cc1. The van der Waals surface area contributed by atoms with E-state index in [1.807, 2.05) is 0 Å². The van der Waals surface area contributed by atoms with E-state index in [4.69, 9.17) is 11.6 Å². The number of imide groups is 1. The molecule has 1 atom stereocenters. The van der Waals surface area contributed by atoms with Gasteiger partial charge in [-0.2, -0.15) is 0 Å². The first-order valence-electron chi connectivity index (χ1n) is 6.69. The van der Waals surface area contributed by atoms with Crippen LogP contribution in [0.25, 0.3) is 0 Å². The summed E-state index contributed by atoms with van der Waals surface area (Å²) < 4.78 is 13.0. The number of carbonyl (C=O) groups excluding carboxylic acids is 2. The second-order valence-electron chi connectivity index (χ2n) is 4.92. The van der Waals surface area contributed by atoms with Crippen molar-refractivity contribution in [3.05, 3.63) is 59.4 Å². The van der Waals surface area contributed by atoms with Gasteiger partial charge < -0.3 is 5.32 Å². The van der Waals surface area contributed by atoms with Gasteiger partial charge in [-0.3, -0.25) is 9.59 Å². The van der Waals surface area contributed by atoms with Crippen molar-refractivity contribution in [2.45, 2.75) is 12.5 Å². The number of rotatable bonds is 3. The third-order valence-electron chi connectivity index (χ3n) is 3.44. The van der Waals surface area contributed by atoms with Crippen molar-refractivity contribution in [1.29, 1.82) is 0 Å². The third-order valence-corrected chi connectivity index (χ3v) is 3.76. The van der Waals surface area contributed by atoms with Crippen LogP contribution < -0.4 is 10.2 Å². The van der Waals surface area contributed by atoms with Crippen molar-refractivity contribution in [1.82, 2.24) is 0 Å². The highest BCUT2D eigenvalue weighted by atomic mass is 35.5. The van der Waals surface area contributed by atoms with Gasteiger partial charge in [-0.25, -0.2) is 9.29 Å². The number of amides is 2. The molecule has 2 aromatic carbocycles. The lowest BCUT2D eigenvalue weighted by Gasteiger charge is -2.16. The van der Waals surface area contributed by atoms with E-state index < -0.39 is 11.9 Å². The van der Waals surface area contributed by atoms with E-state index in [1.165, 1.54) is 24.3 Å². The zero-order valence-corrected chi connectivity index (χ0v) is 12.2. The maximum Gasteiger partial charge on any atom is 0.256 e. The molecule has 1 heterocycles. The topological polar surface area (TPSA) is 49.4 Å². The molecule has 1 fully saturated rings. The van der Waals surface area contributed by atoms with E-state index in [-0.39, 0.29) is 18.2 Å². The molecule has 0 aliphatic carbocycles. The molecule has 0 radical (unpaired) electrons. The summed E-state index contributed by atoms with van der Waals surface area (Å²) in [5.41, 5.74) is 0.955. The Hall–Kier alpha value is -2.40. The van der Waals surface area contributed by atoms with Crippen LogP contribution in [0.1, 0.15) is 6.42 Å². The van der Waals surface area contributed by atoms with Gasteiger partial charge in [-0.15, -0.1) is 0 Å². The fourth-order valence-corrected chi connectivity index (χ4v) is 2.56. The number of carbonyl (C=O) groups is 2. The summed E-state index contributed by atoms with van der Waals surface area (Å²) in [6.07, 6.45) is 0.0292. The Bertz CT molecular complexity index is 733. The van der Waals surface area contributed by atoms with Gasteiger partial charge in [0.1, 0.15) is 11.9 Å². The van der Waals surface area contributed by atoms with Crippen LogP contribution in [0.15, 0.2) is 48.5 Å². The Labute approximate surface area is 131 Å². The van der Waals surface area contributed by atoms with Crippen LogP contribution in [0.2, 0.25) is 5.02 Å². The number of nitrogens with zero attached hydrogens (tertiary/aromatic N) is 1. The Balaban J connectivity index is 1.82. The summed E-state index contributed by atoms with van der Waals surface area (Å²) in [6, 6.07) is 11.6. The molecule has 1 unspecified atom stereocenters. The molecule has 112 valence electrons. The lowest BCUT2D eigenvalue weighted by molar-refractivity contribution is -0.121. The molecule has 0 aromatic heterocycles. The average molecular weight is 319 g/mol. The van der Waals surface area contributed by atoms with Crippen LogP contribution in [0.5, 0.6) is 0 Å². The van der Waals surface area contributed by atoms with E-state index in [9.17, 15) is 14.0 Å². The van der Waals surface area contributed by atoms with Crippen molar-refractivity contribution in [2.75, 3.05) is 10.2 Å². The van der Waals surface area contributed by atoms with E-state index in [0.29, 0.717) is 16.4 Å². The number of halogens is 2. The molecule has 1 aliphatic rings. The number of benzene rings is 2. The summed E-state index contributed by atoms with van der Waals surface area (Å²) in [4.78, 5) is 25.6. The van der Waals surface area contributed by atoms with Gasteiger partial charge in [0, 0.05) is 0 Å². The van der Waals surface area contributed by atoms with Gasteiger partial charge in [-0.1, -0.05) is 23.7 Å². The highest BCUT2D eigenvalue weighted by Gasteiger charge is 2.39.